The molecule has 3 aliphatic rings. The van der Waals surface area contributed by atoms with Crippen LogP contribution >= 0.6 is 0 Å². The fraction of sp³-hybridized carbons (Fsp3) is 0.714. The molecule has 3 unspecified atom stereocenters. The fourth-order valence-electron chi connectivity index (χ4n) is 5.05. The van der Waals surface area contributed by atoms with E-state index in [0.717, 1.165) is 25.7 Å². The molecule has 2 aliphatic carbocycles. The number of hydrogen-bond donors (Lipinski definition) is 2. The minimum absolute atomic E-state index is 0.505. The van der Waals surface area contributed by atoms with Gasteiger partial charge in [0.25, 0.3) is 0 Å². The molecule has 0 spiro atoms. The van der Waals surface area contributed by atoms with Crippen molar-refractivity contribution in [2.75, 3.05) is 26.3 Å². The summed E-state index contributed by atoms with van der Waals surface area (Å²) in [5.74, 6) is 0.749. The van der Waals surface area contributed by atoms with Crippen molar-refractivity contribution in [1.82, 2.24) is 10.6 Å². The number of nitrogens with one attached hydrogen (secondary N) is 2. The Bertz CT molecular complexity index is 508. The third-order valence-corrected chi connectivity index (χ3v) is 6.61. The molecule has 1 aromatic rings. The van der Waals surface area contributed by atoms with E-state index < -0.39 is 0 Å². The predicted molar refractivity (Wildman–Crippen MR) is 98.2 cm³/mol. The summed E-state index contributed by atoms with van der Waals surface area (Å²) in [5.41, 5.74) is 2.01. The smallest absolute Gasteiger partial charge is 0.0623 e. The Morgan fingerprint density at radius 3 is 2.71 bits per heavy atom. The van der Waals surface area contributed by atoms with E-state index in [2.05, 4.69) is 41.0 Å². The molecule has 0 radical (unpaired) electrons. The first kappa shape index (κ1) is 16.6. The Labute approximate surface area is 146 Å². The molecule has 24 heavy (non-hydrogen) atoms. The summed E-state index contributed by atoms with van der Waals surface area (Å²) >= 11 is 0. The lowest BCUT2D eigenvalue weighted by molar-refractivity contribution is 0.0494. The van der Waals surface area contributed by atoms with Gasteiger partial charge in [-0.2, -0.15) is 0 Å². The van der Waals surface area contributed by atoms with Crippen LogP contribution in [0.3, 0.4) is 0 Å². The molecule has 2 saturated carbocycles. The lowest BCUT2D eigenvalue weighted by Crippen LogP contribution is -2.53. The Kier molecular flexibility index (Phi) is 5.21. The van der Waals surface area contributed by atoms with Crippen LogP contribution < -0.4 is 10.6 Å². The second-order valence-electron chi connectivity index (χ2n) is 8.23. The molecule has 1 aromatic carbocycles. The van der Waals surface area contributed by atoms with Crippen LogP contribution in [0.5, 0.6) is 0 Å². The maximum absolute atomic E-state index is 5.71. The van der Waals surface area contributed by atoms with E-state index >= 15 is 0 Å². The predicted octanol–water partition coefficient (Wildman–Crippen LogP) is 3.15. The van der Waals surface area contributed by atoms with Gasteiger partial charge in [-0.25, -0.2) is 0 Å². The molecule has 0 bridgehead atoms. The van der Waals surface area contributed by atoms with Crippen molar-refractivity contribution in [3.63, 3.8) is 0 Å². The maximum atomic E-state index is 5.71. The Morgan fingerprint density at radius 1 is 1.12 bits per heavy atom. The monoisotopic (exact) mass is 328 g/mol. The highest BCUT2D eigenvalue weighted by atomic mass is 16.5. The number of benzene rings is 1. The number of morpholine rings is 1. The fourth-order valence-corrected chi connectivity index (χ4v) is 5.05. The van der Waals surface area contributed by atoms with Crippen molar-refractivity contribution < 1.29 is 4.74 Å². The van der Waals surface area contributed by atoms with Gasteiger partial charge >= 0.3 is 0 Å². The van der Waals surface area contributed by atoms with Crippen LogP contribution in [0, 0.1) is 11.3 Å². The minimum Gasteiger partial charge on any atom is -0.379 e. The molecule has 0 aromatic heterocycles. The zero-order valence-electron chi connectivity index (χ0n) is 14.8. The molecule has 1 aliphatic heterocycles. The van der Waals surface area contributed by atoms with E-state index in [1.54, 1.807) is 0 Å². The SMILES string of the molecule is c1ccc(CC2(CNC3CCCC3C3COCCN3)CCC2)cc1. The van der Waals surface area contributed by atoms with E-state index in [1.165, 1.54) is 57.1 Å². The largest absolute Gasteiger partial charge is 0.379 e. The number of rotatable bonds is 6. The van der Waals surface area contributed by atoms with Gasteiger partial charge in [0.2, 0.25) is 0 Å². The van der Waals surface area contributed by atoms with Gasteiger partial charge in [0.05, 0.1) is 13.2 Å². The van der Waals surface area contributed by atoms with E-state index in [9.17, 15) is 0 Å². The Morgan fingerprint density at radius 2 is 2.00 bits per heavy atom. The van der Waals surface area contributed by atoms with Gasteiger partial charge in [0, 0.05) is 25.2 Å². The van der Waals surface area contributed by atoms with Crippen molar-refractivity contribution in [3.8, 4) is 0 Å². The van der Waals surface area contributed by atoms with Crippen LogP contribution in [0.4, 0.5) is 0 Å². The van der Waals surface area contributed by atoms with Crippen LogP contribution in [0.2, 0.25) is 0 Å². The highest BCUT2D eigenvalue weighted by molar-refractivity contribution is 5.17. The van der Waals surface area contributed by atoms with Crippen LogP contribution in [0.1, 0.15) is 44.1 Å². The molecule has 3 heteroatoms. The standard InChI is InChI=1S/C21H32N2O/c1-2-6-17(7-3-1)14-21(10-5-11-21)16-23-19-9-4-8-18(19)20-15-24-13-12-22-20/h1-3,6-7,18-20,22-23H,4-5,8-16H2. The molecule has 1 heterocycles. The lowest BCUT2D eigenvalue weighted by atomic mass is 9.65. The van der Waals surface area contributed by atoms with Crippen molar-refractivity contribution >= 4 is 0 Å². The van der Waals surface area contributed by atoms with Crippen LogP contribution in [0.25, 0.3) is 0 Å². The topological polar surface area (TPSA) is 33.3 Å². The second-order valence-corrected chi connectivity index (χ2v) is 8.23. The first-order chi connectivity index (χ1) is 11.8. The van der Waals surface area contributed by atoms with E-state index in [1.807, 2.05) is 0 Å². The summed E-state index contributed by atoms with van der Waals surface area (Å²) in [6.45, 7) is 3.99. The van der Waals surface area contributed by atoms with E-state index in [-0.39, 0.29) is 0 Å². The molecule has 2 N–H and O–H groups in total. The maximum Gasteiger partial charge on any atom is 0.0623 e. The van der Waals surface area contributed by atoms with Gasteiger partial charge in [-0.05, 0) is 49.0 Å². The molecular formula is C21H32N2O. The van der Waals surface area contributed by atoms with Gasteiger partial charge in [-0.15, -0.1) is 0 Å². The summed E-state index contributed by atoms with van der Waals surface area (Å²) in [4.78, 5) is 0. The van der Waals surface area contributed by atoms with E-state index in [4.69, 9.17) is 4.74 Å². The summed E-state index contributed by atoms with van der Waals surface area (Å²) in [7, 11) is 0. The van der Waals surface area contributed by atoms with E-state index in [0.29, 0.717) is 17.5 Å². The van der Waals surface area contributed by atoms with Gasteiger partial charge in [-0.3, -0.25) is 0 Å². The van der Waals surface area contributed by atoms with Crippen molar-refractivity contribution in [3.05, 3.63) is 35.9 Å². The molecule has 4 rings (SSSR count). The van der Waals surface area contributed by atoms with Crippen molar-refractivity contribution in [2.24, 2.45) is 11.3 Å². The quantitative estimate of drug-likeness (QED) is 0.842. The van der Waals surface area contributed by atoms with Crippen LogP contribution in [-0.4, -0.2) is 38.4 Å². The summed E-state index contributed by atoms with van der Waals surface area (Å²) in [5, 5.41) is 7.69. The normalized spacial score (nSPS) is 32.4. The van der Waals surface area contributed by atoms with Crippen molar-refractivity contribution in [2.45, 2.75) is 57.0 Å². The molecule has 3 nitrogen and oxygen atoms in total. The zero-order chi connectivity index (χ0) is 16.2. The highest BCUT2D eigenvalue weighted by Crippen LogP contribution is 2.43. The third kappa shape index (κ3) is 3.68. The zero-order valence-corrected chi connectivity index (χ0v) is 14.8. The summed E-state index contributed by atoms with van der Waals surface area (Å²) < 4.78 is 5.71. The van der Waals surface area contributed by atoms with Gasteiger partial charge in [-0.1, -0.05) is 43.2 Å². The Hall–Kier alpha value is -0.900. The first-order valence-corrected chi connectivity index (χ1v) is 9.93. The second kappa shape index (κ2) is 7.55. The summed E-state index contributed by atoms with van der Waals surface area (Å²) in [6, 6.07) is 12.3. The molecule has 0 amide bonds. The van der Waals surface area contributed by atoms with Crippen molar-refractivity contribution in [1.29, 1.82) is 0 Å². The average molecular weight is 329 g/mol. The minimum atomic E-state index is 0.505. The first-order valence-electron chi connectivity index (χ1n) is 9.93. The molecule has 3 atom stereocenters. The average Bonchev–Trinajstić information content (AvgIpc) is 3.07. The molecule has 1 saturated heterocycles. The number of ether oxygens (including phenoxy) is 1. The van der Waals surface area contributed by atoms with Crippen LogP contribution in [-0.2, 0) is 11.2 Å². The van der Waals surface area contributed by atoms with Gasteiger partial charge < -0.3 is 15.4 Å². The molecule has 3 fully saturated rings. The highest BCUT2D eigenvalue weighted by Gasteiger charge is 2.40. The van der Waals surface area contributed by atoms with Crippen LogP contribution in [0.15, 0.2) is 30.3 Å². The molecular weight excluding hydrogens is 296 g/mol. The number of hydrogen-bond acceptors (Lipinski definition) is 3. The lowest BCUT2D eigenvalue weighted by Gasteiger charge is -2.44. The third-order valence-electron chi connectivity index (χ3n) is 6.61. The molecule has 132 valence electrons. The van der Waals surface area contributed by atoms with Gasteiger partial charge in [0.1, 0.15) is 0 Å². The Balaban J connectivity index is 1.34. The summed E-state index contributed by atoms with van der Waals surface area (Å²) in [6.07, 6.45) is 9.47. The van der Waals surface area contributed by atoms with Gasteiger partial charge in [0.15, 0.2) is 0 Å².